The summed E-state index contributed by atoms with van der Waals surface area (Å²) in [6, 6.07) is 22.1. The summed E-state index contributed by atoms with van der Waals surface area (Å²) in [5.74, 6) is 1.69. The van der Waals surface area contributed by atoms with Gasteiger partial charge >= 0.3 is 0 Å². The van der Waals surface area contributed by atoms with Gasteiger partial charge < -0.3 is 10.1 Å². The largest absolute Gasteiger partial charge is 0.493 e. The molecular formula is C25H27N3O2S. The highest BCUT2D eigenvalue weighted by Gasteiger charge is 2.30. The molecule has 2 heterocycles. The molecule has 31 heavy (non-hydrogen) atoms. The molecule has 6 heteroatoms. The summed E-state index contributed by atoms with van der Waals surface area (Å²) in [4.78, 5) is 16.8. The molecule has 0 bridgehead atoms. The minimum absolute atomic E-state index is 0.0429. The Labute approximate surface area is 187 Å². The number of ether oxygens (including phenoxy) is 1. The second-order valence-electron chi connectivity index (χ2n) is 7.45. The summed E-state index contributed by atoms with van der Waals surface area (Å²) in [5.41, 5.74) is 3.47. The fourth-order valence-electron chi connectivity index (χ4n) is 3.56. The van der Waals surface area contributed by atoms with Gasteiger partial charge in [-0.15, -0.1) is 11.8 Å². The smallest absolute Gasteiger partial charge is 0.238 e. The van der Waals surface area contributed by atoms with E-state index in [0.29, 0.717) is 13.2 Å². The Morgan fingerprint density at radius 1 is 1.06 bits per heavy atom. The number of carbonyl (C=O) groups is 1. The molecule has 4 rings (SSSR count). The van der Waals surface area contributed by atoms with Crippen LogP contribution in [0.5, 0.6) is 5.75 Å². The van der Waals surface area contributed by atoms with Gasteiger partial charge in [-0.3, -0.25) is 15.1 Å². The van der Waals surface area contributed by atoms with E-state index in [2.05, 4.69) is 33.8 Å². The van der Waals surface area contributed by atoms with E-state index in [4.69, 9.17) is 4.74 Å². The van der Waals surface area contributed by atoms with Crippen LogP contribution in [0.15, 0.2) is 79.1 Å². The topological polar surface area (TPSA) is 63.2 Å². The van der Waals surface area contributed by atoms with Crippen LogP contribution in [0.25, 0.3) is 0 Å². The van der Waals surface area contributed by atoms with E-state index < -0.39 is 0 Å². The van der Waals surface area contributed by atoms with Crippen molar-refractivity contribution in [1.82, 2.24) is 15.6 Å². The van der Waals surface area contributed by atoms with E-state index in [1.54, 1.807) is 18.0 Å². The summed E-state index contributed by atoms with van der Waals surface area (Å²) in [6.45, 7) is 1.21. The number of para-hydroxylation sites is 1. The van der Waals surface area contributed by atoms with Crippen LogP contribution in [0, 0.1) is 0 Å². The van der Waals surface area contributed by atoms with E-state index in [9.17, 15) is 4.79 Å². The fourth-order valence-corrected chi connectivity index (χ4v) is 4.79. The third kappa shape index (κ3) is 6.09. The Hall–Kier alpha value is -2.83. The van der Waals surface area contributed by atoms with Crippen LogP contribution in [0.2, 0.25) is 0 Å². The lowest BCUT2D eigenvalue weighted by molar-refractivity contribution is -0.122. The van der Waals surface area contributed by atoms with E-state index in [-0.39, 0.29) is 17.3 Å². The first kappa shape index (κ1) is 21.4. The maximum atomic E-state index is 12.6. The van der Waals surface area contributed by atoms with Gasteiger partial charge in [-0.25, -0.2) is 0 Å². The van der Waals surface area contributed by atoms with Gasteiger partial charge in [-0.05, 0) is 35.2 Å². The Morgan fingerprint density at radius 2 is 1.90 bits per heavy atom. The molecule has 1 amide bonds. The third-order valence-corrected chi connectivity index (χ3v) is 6.51. The van der Waals surface area contributed by atoms with Crippen LogP contribution in [0.3, 0.4) is 0 Å². The zero-order valence-electron chi connectivity index (χ0n) is 17.4. The normalized spacial score (nSPS) is 17.9. The molecule has 2 aromatic carbocycles. The summed E-state index contributed by atoms with van der Waals surface area (Å²) in [7, 11) is 0. The van der Waals surface area contributed by atoms with Crippen molar-refractivity contribution in [2.45, 2.75) is 24.3 Å². The molecule has 160 valence electrons. The monoisotopic (exact) mass is 433 g/mol. The highest BCUT2D eigenvalue weighted by Crippen LogP contribution is 2.32. The molecule has 1 aliphatic heterocycles. The zero-order chi connectivity index (χ0) is 21.3. The molecular weight excluding hydrogens is 406 g/mol. The molecule has 1 aliphatic rings. The lowest BCUT2D eigenvalue weighted by Gasteiger charge is -2.15. The van der Waals surface area contributed by atoms with Gasteiger partial charge in [0, 0.05) is 31.1 Å². The van der Waals surface area contributed by atoms with Crippen LogP contribution in [-0.2, 0) is 17.6 Å². The number of amides is 1. The zero-order valence-corrected chi connectivity index (χ0v) is 18.2. The number of pyridine rings is 1. The minimum Gasteiger partial charge on any atom is -0.493 e. The van der Waals surface area contributed by atoms with Crippen LogP contribution in [0.4, 0.5) is 0 Å². The third-order valence-electron chi connectivity index (χ3n) is 5.24. The van der Waals surface area contributed by atoms with Gasteiger partial charge in [-0.2, -0.15) is 0 Å². The molecule has 0 aliphatic carbocycles. The van der Waals surface area contributed by atoms with Gasteiger partial charge in [0.15, 0.2) is 0 Å². The quantitative estimate of drug-likeness (QED) is 0.538. The lowest BCUT2D eigenvalue weighted by Crippen LogP contribution is -2.43. The fraction of sp³-hybridized carbons (Fsp3) is 0.280. The first-order chi connectivity index (χ1) is 15.3. The molecule has 3 aromatic rings. The first-order valence-electron chi connectivity index (χ1n) is 10.6. The van der Waals surface area contributed by atoms with Crippen molar-refractivity contribution in [3.05, 3.63) is 95.8 Å². The maximum Gasteiger partial charge on any atom is 0.238 e. The summed E-state index contributed by atoms with van der Waals surface area (Å²) in [5, 5.41) is 6.58. The van der Waals surface area contributed by atoms with Crippen LogP contribution in [-0.4, -0.2) is 35.8 Å². The Morgan fingerprint density at radius 3 is 2.74 bits per heavy atom. The van der Waals surface area contributed by atoms with Crippen molar-refractivity contribution in [2.24, 2.45) is 0 Å². The van der Waals surface area contributed by atoms with Crippen LogP contribution < -0.4 is 15.4 Å². The number of carbonyl (C=O) groups excluding carboxylic acids is 1. The maximum absolute atomic E-state index is 12.6. The molecule has 0 saturated carbocycles. The van der Waals surface area contributed by atoms with Crippen LogP contribution >= 0.6 is 11.8 Å². The molecule has 1 fully saturated rings. The molecule has 1 aromatic heterocycles. The number of nitrogens with zero attached hydrogens (tertiary/aromatic N) is 1. The number of hydrogen-bond donors (Lipinski definition) is 2. The van der Waals surface area contributed by atoms with Crippen molar-refractivity contribution >= 4 is 17.7 Å². The van der Waals surface area contributed by atoms with Crippen molar-refractivity contribution in [2.75, 3.05) is 18.9 Å². The van der Waals surface area contributed by atoms with Gasteiger partial charge in [-0.1, -0.05) is 54.6 Å². The Kier molecular flexibility index (Phi) is 7.58. The molecule has 0 spiro atoms. The van der Waals surface area contributed by atoms with Crippen molar-refractivity contribution in [3.8, 4) is 5.75 Å². The summed E-state index contributed by atoms with van der Waals surface area (Å²) in [6.07, 6.45) is 5.21. The molecule has 1 saturated heterocycles. The molecule has 2 N–H and O–H groups in total. The highest BCUT2D eigenvalue weighted by molar-refractivity contribution is 7.99. The predicted octanol–water partition coefficient (Wildman–Crippen LogP) is 3.77. The van der Waals surface area contributed by atoms with Gasteiger partial charge in [0.1, 0.15) is 5.75 Å². The van der Waals surface area contributed by atoms with Gasteiger partial charge in [0.2, 0.25) is 5.91 Å². The van der Waals surface area contributed by atoms with Gasteiger partial charge in [0.05, 0.1) is 18.0 Å². The lowest BCUT2D eigenvalue weighted by atomic mass is 10.1. The number of benzene rings is 2. The van der Waals surface area contributed by atoms with Crippen molar-refractivity contribution in [3.63, 3.8) is 0 Å². The second kappa shape index (κ2) is 11.0. The summed E-state index contributed by atoms with van der Waals surface area (Å²) < 4.78 is 6.03. The van der Waals surface area contributed by atoms with E-state index in [1.165, 1.54) is 5.56 Å². The van der Waals surface area contributed by atoms with Crippen LogP contribution in [0.1, 0.15) is 22.1 Å². The number of aromatic nitrogens is 1. The highest BCUT2D eigenvalue weighted by atomic mass is 32.2. The van der Waals surface area contributed by atoms with E-state index >= 15 is 0 Å². The van der Waals surface area contributed by atoms with E-state index in [0.717, 1.165) is 35.5 Å². The SMILES string of the molecule is O=C(NCCc1ccccc1OCCc1ccccc1)C1CSC(c2cccnc2)N1. The Bertz CT molecular complexity index is 969. The second-order valence-corrected chi connectivity index (χ2v) is 8.59. The Balaban J connectivity index is 1.23. The summed E-state index contributed by atoms with van der Waals surface area (Å²) >= 11 is 1.74. The number of hydrogen-bond acceptors (Lipinski definition) is 5. The molecule has 5 nitrogen and oxygen atoms in total. The molecule has 2 unspecified atom stereocenters. The number of thioether (sulfide) groups is 1. The minimum atomic E-state index is -0.187. The van der Waals surface area contributed by atoms with Crippen molar-refractivity contribution < 1.29 is 9.53 Å². The predicted molar refractivity (Wildman–Crippen MR) is 125 cm³/mol. The average molecular weight is 434 g/mol. The van der Waals surface area contributed by atoms with Gasteiger partial charge in [0.25, 0.3) is 0 Å². The average Bonchev–Trinajstić information content (AvgIpc) is 3.32. The first-order valence-corrected chi connectivity index (χ1v) is 11.6. The van der Waals surface area contributed by atoms with Crippen molar-refractivity contribution in [1.29, 1.82) is 0 Å². The van der Waals surface area contributed by atoms with E-state index in [1.807, 2.05) is 54.7 Å². The number of nitrogens with one attached hydrogen (secondary N) is 2. The standard InChI is InChI=1S/C25H27N3O2S/c29-24(22-18-31-25(28-22)21-10-6-14-26-17-21)27-15-12-20-9-4-5-11-23(20)30-16-13-19-7-2-1-3-8-19/h1-11,14,17,22,25,28H,12-13,15-16,18H2,(H,27,29). The molecule has 0 radical (unpaired) electrons. The number of rotatable bonds is 9. The molecule has 2 atom stereocenters.